The summed E-state index contributed by atoms with van der Waals surface area (Å²) in [4.78, 5) is 37.3. The summed E-state index contributed by atoms with van der Waals surface area (Å²) < 4.78 is 5.07. The van der Waals surface area contributed by atoms with E-state index in [1.54, 1.807) is 19.2 Å². The molecule has 1 aliphatic rings. The molecule has 1 N–H and O–H groups in total. The first kappa shape index (κ1) is 19.5. The van der Waals surface area contributed by atoms with Crippen LogP contribution in [0.2, 0.25) is 0 Å². The van der Waals surface area contributed by atoms with Gasteiger partial charge in [-0.1, -0.05) is 0 Å². The Hall–Kier alpha value is -3.30. The molecule has 148 valence electrons. The van der Waals surface area contributed by atoms with Crippen molar-refractivity contribution in [2.45, 2.75) is 26.7 Å². The fourth-order valence-electron chi connectivity index (χ4n) is 3.17. The highest BCUT2D eigenvalue weighted by atomic mass is 16.6. The number of anilines is 3. The average Bonchev–Trinajstić information content (AvgIpc) is 2.68. The molecule has 0 saturated carbocycles. The summed E-state index contributed by atoms with van der Waals surface area (Å²) in [6, 6.07) is 3.61. The highest BCUT2D eigenvalue weighted by molar-refractivity contribution is 5.75. The highest BCUT2D eigenvalue weighted by Crippen LogP contribution is 2.35. The molecule has 1 fully saturated rings. The van der Waals surface area contributed by atoms with E-state index in [1.165, 1.54) is 6.33 Å². The molecule has 0 radical (unpaired) electrons. The number of nitro groups is 1. The van der Waals surface area contributed by atoms with Gasteiger partial charge in [-0.25, -0.2) is 15.0 Å². The molecule has 0 atom stereocenters. The second-order valence-corrected chi connectivity index (χ2v) is 6.51. The molecule has 10 nitrogen and oxygen atoms in total. The Morgan fingerprint density at radius 3 is 2.75 bits per heavy atom. The third-order valence-electron chi connectivity index (χ3n) is 4.56. The van der Waals surface area contributed by atoms with Gasteiger partial charge in [-0.2, -0.15) is 0 Å². The summed E-state index contributed by atoms with van der Waals surface area (Å²) in [6.45, 7) is 4.97. The predicted molar refractivity (Wildman–Crippen MR) is 103 cm³/mol. The van der Waals surface area contributed by atoms with E-state index in [-0.39, 0.29) is 29.2 Å². The van der Waals surface area contributed by atoms with E-state index < -0.39 is 4.92 Å². The van der Waals surface area contributed by atoms with Crippen molar-refractivity contribution in [2.75, 3.05) is 29.9 Å². The summed E-state index contributed by atoms with van der Waals surface area (Å²) in [5.41, 5.74) is 0.760. The van der Waals surface area contributed by atoms with Crippen LogP contribution in [0.1, 0.15) is 25.3 Å². The van der Waals surface area contributed by atoms with Crippen LogP contribution in [0.4, 0.5) is 23.1 Å². The van der Waals surface area contributed by atoms with Crippen LogP contribution in [0.5, 0.6) is 0 Å². The van der Waals surface area contributed by atoms with Crippen molar-refractivity contribution < 1.29 is 14.5 Å². The standard InChI is InChI=1S/C18H22N6O4/c1-3-28-18(25)13-5-8-23(9-6-13)17-15(24(26)27)16(20-11-21-17)22-14-10-12(2)4-7-19-14/h4,7,10-11,13H,3,5-6,8-9H2,1-2H3,(H,19,20,21,22). The second kappa shape index (κ2) is 8.59. The van der Waals surface area contributed by atoms with Crippen molar-refractivity contribution >= 4 is 29.1 Å². The van der Waals surface area contributed by atoms with Gasteiger partial charge < -0.3 is 15.0 Å². The molecular formula is C18H22N6O4. The van der Waals surface area contributed by atoms with Crippen LogP contribution in [-0.4, -0.2) is 45.5 Å². The van der Waals surface area contributed by atoms with Crippen LogP contribution in [0.25, 0.3) is 0 Å². The Bertz CT molecular complexity index is 867. The van der Waals surface area contributed by atoms with Crippen LogP contribution in [0.15, 0.2) is 24.7 Å². The van der Waals surface area contributed by atoms with Crippen molar-refractivity contribution in [3.63, 3.8) is 0 Å². The lowest BCUT2D eigenvalue weighted by Crippen LogP contribution is -2.37. The van der Waals surface area contributed by atoms with Crippen molar-refractivity contribution in [1.82, 2.24) is 15.0 Å². The second-order valence-electron chi connectivity index (χ2n) is 6.51. The maximum absolute atomic E-state index is 11.9. The Labute approximate surface area is 162 Å². The van der Waals surface area contributed by atoms with Gasteiger partial charge in [-0.15, -0.1) is 0 Å². The number of aryl methyl sites for hydroxylation is 1. The first-order valence-electron chi connectivity index (χ1n) is 9.10. The average molecular weight is 386 g/mol. The number of carbonyl (C=O) groups excluding carboxylic acids is 1. The van der Waals surface area contributed by atoms with Gasteiger partial charge in [0.15, 0.2) is 0 Å². The fourth-order valence-corrected chi connectivity index (χ4v) is 3.17. The zero-order valence-electron chi connectivity index (χ0n) is 15.8. The Kier molecular flexibility index (Phi) is 5.97. The summed E-state index contributed by atoms with van der Waals surface area (Å²) in [5.74, 6) is 0.380. The lowest BCUT2D eigenvalue weighted by molar-refractivity contribution is -0.383. The molecule has 0 amide bonds. The minimum atomic E-state index is -0.495. The first-order chi connectivity index (χ1) is 13.5. The largest absolute Gasteiger partial charge is 0.466 e. The molecule has 2 aromatic heterocycles. The molecule has 0 unspecified atom stereocenters. The van der Waals surface area contributed by atoms with E-state index in [9.17, 15) is 14.9 Å². The molecule has 1 aliphatic heterocycles. The monoisotopic (exact) mass is 386 g/mol. The fraction of sp³-hybridized carbons (Fsp3) is 0.444. The molecular weight excluding hydrogens is 364 g/mol. The van der Waals surface area contributed by atoms with E-state index in [0.29, 0.717) is 38.4 Å². The highest BCUT2D eigenvalue weighted by Gasteiger charge is 2.32. The van der Waals surface area contributed by atoms with Gasteiger partial charge in [-0.3, -0.25) is 14.9 Å². The number of nitrogens with zero attached hydrogens (tertiary/aromatic N) is 5. The summed E-state index contributed by atoms with van der Waals surface area (Å²) in [5, 5.41) is 14.7. The number of pyridine rings is 1. The molecule has 0 bridgehead atoms. The van der Waals surface area contributed by atoms with Gasteiger partial charge in [0.05, 0.1) is 17.4 Å². The van der Waals surface area contributed by atoms with Crippen molar-refractivity contribution in [1.29, 1.82) is 0 Å². The molecule has 28 heavy (non-hydrogen) atoms. The Morgan fingerprint density at radius 1 is 1.36 bits per heavy atom. The summed E-state index contributed by atoms with van der Waals surface area (Å²) >= 11 is 0. The van der Waals surface area contributed by atoms with Crippen molar-refractivity contribution in [2.24, 2.45) is 5.92 Å². The number of ether oxygens (including phenoxy) is 1. The number of aromatic nitrogens is 3. The Balaban J connectivity index is 1.82. The number of piperidine rings is 1. The van der Waals surface area contributed by atoms with E-state index in [0.717, 1.165) is 5.56 Å². The summed E-state index contributed by atoms with van der Waals surface area (Å²) in [7, 11) is 0. The SMILES string of the molecule is CCOC(=O)C1CCN(c2ncnc(Nc3cc(C)ccn3)c2[N+](=O)[O-])CC1. The number of hydrogen-bond donors (Lipinski definition) is 1. The molecule has 3 rings (SSSR count). The number of carbonyl (C=O) groups is 1. The lowest BCUT2D eigenvalue weighted by atomic mass is 9.97. The van der Waals surface area contributed by atoms with Gasteiger partial charge in [-0.05, 0) is 44.4 Å². The molecule has 2 aromatic rings. The Morgan fingerprint density at radius 2 is 2.11 bits per heavy atom. The van der Waals surface area contributed by atoms with Crippen LogP contribution < -0.4 is 10.2 Å². The van der Waals surface area contributed by atoms with Crippen LogP contribution >= 0.6 is 0 Å². The minimum absolute atomic E-state index is 0.0839. The third-order valence-corrected chi connectivity index (χ3v) is 4.56. The van der Waals surface area contributed by atoms with Crippen molar-refractivity contribution in [3.05, 3.63) is 40.3 Å². The van der Waals surface area contributed by atoms with Crippen molar-refractivity contribution in [3.8, 4) is 0 Å². The molecule has 3 heterocycles. The predicted octanol–water partition coefficient (Wildman–Crippen LogP) is 2.61. The van der Waals surface area contributed by atoms with Gasteiger partial charge in [0.2, 0.25) is 11.6 Å². The molecule has 0 aromatic carbocycles. The van der Waals surface area contributed by atoms with E-state index in [2.05, 4.69) is 20.3 Å². The smallest absolute Gasteiger partial charge is 0.353 e. The normalized spacial score (nSPS) is 14.6. The summed E-state index contributed by atoms with van der Waals surface area (Å²) in [6.07, 6.45) is 4.02. The number of rotatable bonds is 6. The molecule has 10 heteroatoms. The van der Waals surface area contributed by atoms with Gasteiger partial charge in [0.25, 0.3) is 0 Å². The maximum atomic E-state index is 11.9. The number of esters is 1. The zero-order chi connectivity index (χ0) is 20.1. The van der Waals surface area contributed by atoms with Crippen LogP contribution in [-0.2, 0) is 9.53 Å². The molecule has 1 saturated heterocycles. The van der Waals surface area contributed by atoms with Crippen LogP contribution in [0.3, 0.4) is 0 Å². The third kappa shape index (κ3) is 4.33. The first-order valence-corrected chi connectivity index (χ1v) is 9.10. The topological polar surface area (TPSA) is 123 Å². The maximum Gasteiger partial charge on any atom is 0.353 e. The minimum Gasteiger partial charge on any atom is -0.466 e. The number of hydrogen-bond acceptors (Lipinski definition) is 9. The zero-order valence-corrected chi connectivity index (χ0v) is 15.8. The van der Waals surface area contributed by atoms with Gasteiger partial charge >= 0.3 is 11.7 Å². The van der Waals surface area contributed by atoms with Gasteiger partial charge in [0, 0.05) is 19.3 Å². The lowest BCUT2D eigenvalue weighted by Gasteiger charge is -2.31. The van der Waals surface area contributed by atoms with E-state index in [4.69, 9.17) is 4.74 Å². The molecule has 0 aliphatic carbocycles. The molecule has 0 spiro atoms. The quantitative estimate of drug-likeness (QED) is 0.453. The van der Waals surface area contributed by atoms with Gasteiger partial charge in [0.1, 0.15) is 12.1 Å². The van der Waals surface area contributed by atoms with E-state index >= 15 is 0 Å². The number of nitrogens with one attached hydrogen (secondary N) is 1. The van der Waals surface area contributed by atoms with Crippen LogP contribution in [0, 0.1) is 23.0 Å². The van der Waals surface area contributed by atoms with E-state index in [1.807, 2.05) is 17.9 Å².